The van der Waals surface area contributed by atoms with Gasteiger partial charge in [-0.1, -0.05) is 5.16 Å². The Morgan fingerprint density at radius 1 is 1.27 bits per heavy atom. The van der Waals surface area contributed by atoms with Crippen LogP contribution in [0, 0.1) is 12.8 Å². The van der Waals surface area contributed by atoms with Crippen molar-refractivity contribution in [3.8, 4) is 11.5 Å². The van der Waals surface area contributed by atoms with Gasteiger partial charge in [0.05, 0.1) is 11.9 Å². The van der Waals surface area contributed by atoms with E-state index < -0.39 is 0 Å². The molecule has 1 aliphatic rings. The molecule has 1 saturated heterocycles. The van der Waals surface area contributed by atoms with Crippen LogP contribution in [0.4, 0.5) is 0 Å². The second-order valence-electron chi connectivity index (χ2n) is 6.40. The lowest BCUT2D eigenvalue weighted by atomic mass is 10.1. The molecule has 3 aromatic rings. The van der Waals surface area contributed by atoms with Crippen molar-refractivity contribution in [1.29, 1.82) is 0 Å². The van der Waals surface area contributed by atoms with E-state index >= 15 is 0 Å². The molecule has 0 aromatic carbocycles. The third-order valence-electron chi connectivity index (χ3n) is 4.44. The predicted molar refractivity (Wildman–Crippen MR) is 92.0 cm³/mol. The normalized spacial score (nSPS) is 16.8. The molecule has 0 N–H and O–H groups in total. The number of amides is 1. The van der Waals surface area contributed by atoms with E-state index in [2.05, 4.69) is 25.1 Å². The van der Waals surface area contributed by atoms with Gasteiger partial charge in [-0.25, -0.2) is 4.98 Å². The first-order chi connectivity index (χ1) is 12.7. The fraction of sp³-hybridized carbons (Fsp3) is 0.333. The van der Waals surface area contributed by atoms with Gasteiger partial charge in [0.15, 0.2) is 5.82 Å². The molecule has 8 heteroatoms. The van der Waals surface area contributed by atoms with E-state index in [1.165, 1.54) is 6.20 Å². The summed E-state index contributed by atoms with van der Waals surface area (Å²) in [5.74, 6) is 1.38. The summed E-state index contributed by atoms with van der Waals surface area (Å²) in [4.78, 5) is 31.1. The maximum absolute atomic E-state index is 12.5. The number of rotatable bonds is 4. The summed E-state index contributed by atoms with van der Waals surface area (Å²) in [6.45, 7) is 3.21. The van der Waals surface area contributed by atoms with Gasteiger partial charge >= 0.3 is 0 Å². The van der Waals surface area contributed by atoms with E-state index in [9.17, 15) is 4.79 Å². The van der Waals surface area contributed by atoms with Crippen molar-refractivity contribution in [3.05, 3.63) is 54.1 Å². The highest BCUT2D eigenvalue weighted by molar-refractivity contribution is 5.92. The molecule has 8 nitrogen and oxygen atoms in total. The van der Waals surface area contributed by atoms with Gasteiger partial charge in [0.1, 0.15) is 5.69 Å². The van der Waals surface area contributed by atoms with E-state index in [0.717, 1.165) is 17.7 Å². The maximum Gasteiger partial charge on any atom is 0.274 e. The van der Waals surface area contributed by atoms with Gasteiger partial charge in [0.2, 0.25) is 0 Å². The number of aryl methyl sites for hydroxylation is 1. The van der Waals surface area contributed by atoms with E-state index in [4.69, 9.17) is 4.52 Å². The predicted octanol–water partition coefficient (Wildman–Crippen LogP) is 1.93. The number of hydrogen-bond acceptors (Lipinski definition) is 7. The van der Waals surface area contributed by atoms with Gasteiger partial charge in [0, 0.05) is 43.7 Å². The van der Waals surface area contributed by atoms with Crippen molar-refractivity contribution in [2.45, 2.75) is 19.8 Å². The van der Waals surface area contributed by atoms with E-state index in [-0.39, 0.29) is 5.91 Å². The molecule has 1 unspecified atom stereocenters. The zero-order valence-electron chi connectivity index (χ0n) is 14.4. The number of carbonyl (C=O) groups is 1. The van der Waals surface area contributed by atoms with Crippen LogP contribution in [0.2, 0.25) is 0 Å². The zero-order valence-corrected chi connectivity index (χ0v) is 14.4. The first-order valence-electron chi connectivity index (χ1n) is 8.50. The van der Waals surface area contributed by atoms with Crippen molar-refractivity contribution in [3.63, 3.8) is 0 Å². The molecule has 1 atom stereocenters. The number of nitrogens with zero attached hydrogens (tertiary/aromatic N) is 6. The molecule has 0 saturated carbocycles. The Bertz CT molecular complexity index is 894. The molecule has 0 bridgehead atoms. The molecule has 0 spiro atoms. The minimum Gasteiger partial charge on any atom is -0.337 e. The molecule has 0 aliphatic carbocycles. The Labute approximate surface area is 150 Å². The van der Waals surface area contributed by atoms with E-state index in [1.807, 2.05) is 24.0 Å². The summed E-state index contributed by atoms with van der Waals surface area (Å²) in [6.07, 6.45) is 8.11. The molecule has 26 heavy (non-hydrogen) atoms. The summed E-state index contributed by atoms with van der Waals surface area (Å²) in [5.41, 5.74) is 2.03. The average molecular weight is 350 g/mol. The lowest BCUT2D eigenvalue weighted by Crippen LogP contribution is -2.29. The van der Waals surface area contributed by atoms with Crippen LogP contribution in [-0.2, 0) is 6.42 Å². The van der Waals surface area contributed by atoms with Crippen molar-refractivity contribution in [2.24, 2.45) is 5.92 Å². The second-order valence-corrected chi connectivity index (χ2v) is 6.40. The number of carbonyl (C=O) groups excluding carboxylic acids is 1. The second kappa shape index (κ2) is 6.99. The monoisotopic (exact) mass is 350 g/mol. The number of aromatic nitrogens is 5. The largest absolute Gasteiger partial charge is 0.337 e. The van der Waals surface area contributed by atoms with Gasteiger partial charge in [-0.2, -0.15) is 4.98 Å². The van der Waals surface area contributed by atoms with Crippen molar-refractivity contribution >= 4 is 5.91 Å². The first-order valence-corrected chi connectivity index (χ1v) is 8.50. The topological polar surface area (TPSA) is 97.9 Å². The van der Waals surface area contributed by atoms with Gasteiger partial charge < -0.3 is 9.42 Å². The molecule has 4 heterocycles. The van der Waals surface area contributed by atoms with Crippen molar-refractivity contribution in [2.75, 3.05) is 13.1 Å². The van der Waals surface area contributed by atoms with Crippen LogP contribution in [-0.4, -0.2) is 49.0 Å². The van der Waals surface area contributed by atoms with Crippen LogP contribution in [0.15, 0.2) is 41.4 Å². The van der Waals surface area contributed by atoms with Crippen LogP contribution in [0.25, 0.3) is 11.5 Å². The minimum atomic E-state index is -0.0782. The smallest absolute Gasteiger partial charge is 0.274 e. The molecule has 0 radical (unpaired) electrons. The Hall–Kier alpha value is -3.16. The SMILES string of the molecule is Cc1cnc(C(=O)N2CCC(Cc3noc(-c4ccncc4)n3)C2)cn1. The Morgan fingerprint density at radius 3 is 2.88 bits per heavy atom. The highest BCUT2D eigenvalue weighted by Crippen LogP contribution is 2.23. The molecular weight excluding hydrogens is 332 g/mol. The maximum atomic E-state index is 12.5. The van der Waals surface area contributed by atoms with Crippen molar-refractivity contribution < 1.29 is 9.32 Å². The van der Waals surface area contributed by atoms with Gasteiger partial charge in [0.25, 0.3) is 11.8 Å². The molecule has 132 valence electrons. The van der Waals surface area contributed by atoms with Crippen molar-refractivity contribution in [1.82, 2.24) is 30.0 Å². The third-order valence-corrected chi connectivity index (χ3v) is 4.44. The van der Waals surface area contributed by atoms with Crippen LogP contribution < -0.4 is 0 Å². The summed E-state index contributed by atoms with van der Waals surface area (Å²) < 4.78 is 5.33. The lowest BCUT2D eigenvalue weighted by molar-refractivity contribution is 0.0780. The number of hydrogen-bond donors (Lipinski definition) is 0. The molecule has 1 fully saturated rings. The van der Waals surface area contributed by atoms with Crippen LogP contribution >= 0.6 is 0 Å². The van der Waals surface area contributed by atoms with Crippen LogP contribution in [0.3, 0.4) is 0 Å². The quantitative estimate of drug-likeness (QED) is 0.709. The standard InChI is InChI=1S/C18H18N6O2/c1-12-9-21-15(10-20-12)18(25)24-7-4-13(11-24)8-16-22-17(26-23-16)14-2-5-19-6-3-14/h2-3,5-6,9-10,13H,4,7-8,11H2,1H3. The van der Waals surface area contributed by atoms with Crippen LogP contribution in [0.5, 0.6) is 0 Å². The van der Waals surface area contributed by atoms with E-state index in [1.54, 1.807) is 18.6 Å². The molecule has 4 rings (SSSR count). The molecule has 1 amide bonds. The summed E-state index contributed by atoms with van der Waals surface area (Å²) >= 11 is 0. The lowest BCUT2D eigenvalue weighted by Gasteiger charge is -2.15. The van der Waals surface area contributed by atoms with E-state index in [0.29, 0.717) is 42.8 Å². The van der Waals surface area contributed by atoms with Gasteiger partial charge in [-0.3, -0.25) is 14.8 Å². The molecule has 1 aliphatic heterocycles. The Morgan fingerprint density at radius 2 is 2.12 bits per heavy atom. The van der Waals surface area contributed by atoms with Gasteiger partial charge in [-0.05, 0) is 31.4 Å². The van der Waals surface area contributed by atoms with Crippen LogP contribution in [0.1, 0.15) is 28.4 Å². The summed E-state index contributed by atoms with van der Waals surface area (Å²) in [7, 11) is 0. The first kappa shape index (κ1) is 16.3. The highest BCUT2D eigenvalue weighted by atomic mass is 16.5. The number of likely N-dealkylation sites (tertiary alicyclic amines) is 1. The molecule has 3 aromatic heterocycles. The highest BCUT2D eigenvalue weighted by Gasteiger charge is 2.29. The Kier molecular flexibility index (Phi) is 4.39. The van der Waals surface area contributed by atoms with Gasteiger partial charge in [-0.15, -0.1) is 0 Å². The minimum absolute atomic E-state index is 0.0782. The third kappa shape index (κ3) is 3.44. The number of pyridine rings is 1. The average Bonchev–Trinajstić information content (AvgIpc) is 3.33. The summed E-state index contributed by atoms with van der Waals surface area (Å²) in [5, 5.41) is 4.06. The zero-order chi connectivity index (χ0) is 17.9. The molecular formula is C18H18N6O2. The fourth-order valence-electron chi connectivity index (χ4n) is 3.06. The Balaban J connectivity index is 1.38. The fourth-order valence-corrected chi connectivity index (χ4v) is 3.06. The summed E-state index contributed by atoms with van der Waals surface area (Å²) in [6, 6.07) is 3.66.